The molecule has 0 amide bonds. The highest BCUT2D eigenvalue weighted by molar-refractivity contribution is 7.91. The van der Waals surface area contributed by atoms with Crippen LogP contribution in [-0.2, 0) is 9.84 Å². The Morgan fingerprint density at radius 3 is 2.46 bits per heavy atom. The van der Waals surface area contributed by atoms with Crippen molar-refractivity contribution in [1.29, 1.82) is 0 Å². The molecular formula is C8H16FNO2S. The maximum Gasteiger partial charge on any atom is 0.150 e. The highest BCUT2D eigenvalue weighted by Crippen LogP contribution is 2.38. The van der Waals surface area contributed by atoms with E-state index in [1.165, 1.54) is 0 Å². The number of hydrogen-bond acceptors (Lipinski definition) is 3. The molecule has 5 heteroatoms. The summed E-state index contributed by atoms with van der Waals surface area (Å²) in [5, 5.41) is 0. The molecule has 0 unspecified atom stereocenters. The molecule has 0 radical (unpaired) electrons. The quantitative estimate of drug-likeness (QED) is 0.739. The average Bonchev–Trinajstić information content (AvgIpc) is 1.99. The number of sulfone groups is 1. The molecule has 1 saturated carbocycles. The molecule has 3 nitrogen and oxygen atoms in total. The van der Waals surface area contributed by atoms with Gasteiger partial charge in [-0.3, -0.25) is 0 Å². The minimum atomic E-state index is -3.03. The average molecular weight is 209 g/mol. The molecule has 1 aliphatic rings. The first-order valence-electron chi connectivity index (χ1n) is 4.52. The third-order valence-corrected chi connectivity index (χ3v) is 4.26. The van der Waals surface area contributed by atoms with Gasteiger partial charge in [0, 0.05) is 11.8 Å². The first kappa shape index (κ1) is 10.9. The SMILES string of the molecule is CCS(=O)(=O)CCC1(F)CC(N)C1. The summed E-state index contributed by atoms with van der Waals surface area (Å²) in [4.78, 5) is 0. The van der Waals surface area contributed by atoms with Crippen molar-refractivity contribution in [3.05, 3.63) is 0 Å². The number of hydrogen-bond donors (Lipinski definition) is 1. The smallest absolute Gasteiger partial charge is 0.150 e. The second kappa shape index (κ2) is 3.53. The molecule has 1 rings (SSSR count). The molecule has 2 N–H and O–H groups in total. The molecule has 0 aliphatic heterocycles. The largest absolute Gasteiger partial charge is 0.327 e. The molecule has 0 spiro atoms. The standard InChI is InChI=1S/C8H16FNO2S/c1-2-13(11,12)4-3-8(9)5-7(10)6-8/h7H,2-6,10H2,1H3. The van der Waals surface area contributed by atoms with E-state index in [9.17, 15) is 12.8 Å². The van der Waals surface area contributed by atoms with Gasteiger partial charge < -0.3 is 5.73 Å². The molecule has 78 valence electrons. The minimum Gasteiger partial charge on any atom is -0.327 e. The lowest BCUT2D eigenvalue weighted by atomic mass is 9.76. The van der Waals surface area contributed by atoms with E-state index in [0.717, 1.165) is 0 Å². The van der Waals surface area contributed by atoms with E-state index >= 15 is 0 Å². The Kier molecular flexibility index (Phi) is 2.97. The first-order chi connectivity index (χ1) is 5.87. The summed E-state index contributed by atoms with van der Waals surface area (Å²) >= 11 is 0. The van der Waals surface area contributed by atoms with Crippen LogP contribution in [-0.4, -0.2) is 31.6 Å². The van der Waals surface area contributed by atoms with E-state index in [1.54, 1.807) is 6.92 Å². The van der Waals surface area contributed by atoms with E-state index in [4.69, 9.17) is 5.73 Å². The maximum absolute atomic E-state index is 13.5. The van der Waals surface area contributed by atoms with Gasteiger partial charge in [0.25, 0.3) is 0 Å². The van der Waals surface area contributed by atoms with E-state index in [-0.39, 0.29) is 24.0 Å². The van der Waals surface area contributed by atoms with Crippen molar-refractivity contribution >= 4 is 9.84 Å². The van der Waals surface area contributed by atoms with Crippen LogP contribution in [0, 0.1) is 0 Å². The van der Waals surface area contributed by atoms with Gasteiger partial charge in [-0.2, -0.15) is 0 Å². The summed E-state index contributed by atoms with van der Waals surface area (Å²) in [5.41, 5.74) is 4.13. The van der Waals surface area contributed by atoms with Gasteiger partial charge in [-0.15, -0.1) is 0 Å². The Labute approximate surface area is 78.4 Å². The van der Waals surface area contributed by atoms with Crippen molar-refractivity contribution in [2.45, 2.75) is 37.9 Å². The fourth-order valence-corrected chi connectivity index (χ4v) is 2.53. The van der Waals surface area contributed by atoms with Crippen molar-refractivity contribution in [2.75, 3.05) is 11.5 Å². The number of alkyl halides is 1. The minimum absolute atomic E-state index is 0.0489. The second-order valence-corrected chi connectivity index (χ2v) is 6.28. The van der Waals surface area contributed by atoms with Gasteiger partial charge in [0.1, 0.15) is 15.5 Å². The summed E-state index contributed by atoms with van der Waals surface area (Å²) in [6.45, 7) is 1.58. The first-order valence-corrected chi connectivity index (χ1v) is 6.34. The lowest BCUT2D eigenvalue weighted by Crippen LogP contribution is -2.49. The highest BCUT2D eigenvalue weighted by atomic mass is 32.2. The fourth-order valence-electron chi connectivity index (χ4n) is 1.57. The fraction of sp³-hybridized carbons (Fsp3) is 1.00. The number of halogens is 1. The van der Waals surface area contributed by atoms with Gasteiger partial charge in [0.15, 0.2) is 0 Å². The molecule has 1 aliphatic carbocycles. The van der Waals surface area contributed by atoms with Crippen LogP contribution in [0.3, 0.4) is 0 Å². The van der Waals surface area contributed by atoms with Crippen molar-refractivity contribution in [3.8, 4) is 0 Å². The number of nitrogens with two attached hydrogens (primary N) is 1. The molecule has 0 heterocycles. The summed E-state index contributed by atoms with van der Waals surface area (Å²) in [7, 11) is -3.03. The Balaban J connectivity index is 2.35. The van der Waals surface area contributed by atoms with Crippen molar-refractivity contribution in [3.63, 3.8) is 0 Å². The third kappa shape index (κ3) is 2.91. The van der Waals surface area contributed by atoms with Crippen LogP contribution in [0.5, 0.6) is 0 Å². The van der Waals surface area contributed by atoms with E-state index < -0.39 is 15.5 Å². The Morgan fingerprint density at radius 1 is 1.54 bits per heavy atom. The molecule has 0 aromatic heterocycles. The number of rotatable bonds is 4. The summed E-state index contributed by atoms with van der Waals surface area (Å²) < 4.78 is 35.6. The highest BCUT2D eigenvalue weighted by Gasteiger charge is 2.43. The van der Waals surface area contributed by atoms with E-state index in [0.29, 0.717) is 12.8 Å². The van der Waals surface area contributed by atoms with Gasteiger partial charge in [0.05, 0.1) is 5.75 Å². The molecule has 13 heavy (non-hydrogen) atoms. The third-order valence-electron chi connectivity index (χ3n) is 2.56. The molecule has 0 bridgehead atoms. The Bertz CT molecular complexity index is 270. The lowest BCUT2D eigenvalue weighted by molar-refractivity contribution is 0.0409. The van der Waals surface area contributed by atoms with Crippen LogP contribution in [0.1, 0.15) is 26.2 Å². The molecule has 0 aromatic carbocycles. The zero-order valence-electron chi connectivity index (χ0n) is 7.79. The predicted molar refractivity (Wildman–Crippen MR) is 50.0 cm³/mol. The Hall–Kier alpha value is -0.160. The zero-order valence-corrected chi connectivity index (χ0v) is 8.61. The molecule has 0 atom stereocenters. The van der Waals surface area contributed by atoms with Crippen LogP contribution >= 0.6 is 0 Å². The van der Waals surface area contributed by atoms with Crippen molar-refractivity contribution in [2.24, 2.45) is 5.73 Å². The van der Waals surface area contributed by atoms with Crippen LogP contribution in [0.4, 0.5) is 4.39 Å². The summed E-state index contributed by atoms with van der Waals surface area (Å²) in [5.74, 6) is 0.0435. The van der Waals surface area contributed by atoms with E-state index in [2.05, 4.69) is 0 Å². The monoisotopic (exact) mass is 209 g/mol. The van der Waals surface area contributed by atoms with Gasteiger partial charge in [-0.1, -0.05) is 6.92 Å². The Morgan fingerprint density at radius 2 is 2.08 bits per heavy atom. The second-order valence-electron chi connectivity index (χ2n) is 3.81. The van der Waals surface area contributed by atoms with Gasteiger partial charge >= 0.3 is 0 Å². The van der Waals surface area contributed by atoms with Crippen molar-refractivity contribution < 1.29 is 12.8 Å². The summed E-state index contributed by atoms with van der Waals surface area (Å²) in [6.07, 6.45) is 0.731. The van der Waals surface area contributed by atoms with Crippen LogP contribution < -0.4 is 5.73 Å². The van der Waals surface area contributed by atoms with Crippen molar-refractivity contribution in [1.82, 2.24) is 0 Å². The molecule has 0 aromatic rings. The van der Waals surface area contributed by atoms with Crippen LogP contribution in [0.15, 0.2) is 0 Å². The molecule has 1 fully saturated rings. The zero-order chi connectivity index (χ0) is 10.1. The topological polar surface area (TPSA) is 60.2 Å². The van der Waals surface area contributed by atoms with Gasteiger partial charge in [-0.05, 0) is 19.3 Å². The summed E-state index contributed by atoms with van der Waals surface area (Å²) in [6, 6.07) is -0.0747. The van der Waals surface area contributed by atoms with Crippen LogP contribution in [0.2, 0.25) is 0 Å². The van der Waals surface area contributed by atoms with E-state index in [1.807, 2.05) is 0 Å². The van der Waals surface area contributed by atoms with Gasteiger partial charge in [0.2, 0.25) is 0 Å². The molecular weight excluding hydrogens is 193 g/mol. The van der Waals surface area contributed by atoms with Gasteiger partial charge in [-0.25, -0.2) is 12.8 Å². The lowest BCUT2D eigenvalue weighted by Gasteiger charge is -2.39. The normalized spacial score (nSPS) is 34.2. The van der Waals surface area contributed by atoms with Crippen LogP contribution in [0.25, 0.3) is 0 Å². The molecule has 0 saturated heterocycles. The predicted octanol–water partition coefficient (Wildman–Crippen LogP) is 0.641. The maximum atomic E-state index is 13.5.